The number of sulfonamides is 1. The Morgan fingerprint density at radius 3 is 2.35 bits per heavy atom. The molecule has 2 aromatic rings. The Morgan fingerprint density at radius 2 is 1.77 bits per heavy atom. The molecule has 2 atom stereocenters. The summed E-state index contributed by atoms with van der Waals surface area (Å²) in [6.45, 7) is 2.34. The zero-order valence-electron chi connectivity index (χ0n) is 14.2. The van der Waals surface area contributed by atoms with Gasteiger partial charge in [0.2, 0.25) is 0 Å². The SMILES string of the molecule is Cc1ccc(S(=O)(=O)N2C=C[C@@]3(c4ccc([N+](=O)[O-])cc4)C[C@H]3C2)cc1. The van der Waals surface area contributed by atoms with Crippen LogP contribution in [0.15, 0.2) is 65.7 Å². The fourth-order valence-corrected chi connectivity index (χ4v) is 4.99. The summed E-state index contributed by atoms with van der Waals surface area (Å²) in [6.07, 6.45) is 4.41. The summed E-state index contributed by atoms with van der Waals surface area (Å²) in [6, 6.07) is 13.4. The molecule has 0 spiro atoms. The van der Waals surface area contributed by atoms with Gasteiger partial charge in [-0.3, -0.25) is 14.4 Å². The van der Waals surface area contributed by atoms with Crippen molar-refractivity contribution in [3.63, 3.8) is 0 Å². The van der Waals surface area contributed by atoms with E-state index < -0.39 is 14.9 Å². The van der Waals surface area contributed by atoms with Crippen molar-refractivity contribution in [2.45, 2.75) is 23.7 Å². The van der Waals surface area contributed by atoms with Gasteiger partial charge >= 0.3 is 0 Å². The van der Waals surface area contributed by atoms with Crippen LogP contribution in [0.1, 0.15) is 17.5 Å². The first-order valence-corrected chi connectivity index (χ1v) is 9.80. The summed E-state index contributed by atoms with van der Waals surface area (Å²) < 4.78 is 27.0. The van der Waals surface area contributed by atoms with Crippen LogP contribution in [0.25, 0.3) is 0 Å². The van der Waals surface area contributed by atoms with E-state index in [4.69, 9.17) is 0 Å². The van der Waals surface area contributed by atoms with Crippen molar-refractivity contribution in [1.82, 2.24) is 4.31 Å². The number of non-ortho nitro benzene ring substituents is 1. The summed E-state index contributed by atoms with van der Waals surface area (Å²) in [4.78, 5) is 10.7. The predicted octanol–water partition coefficient (Wildman–Crippen LogP) is 3.38. The number of rotatable bonds is 4. The minimum absolute atomic E-state index is 0.0608. The third kappa shape index (κ3) is 2.59. The predicted molar refractivity (Wildman–Crippen MR) is 97.1 cm³/mol. The Balaban J connectivity index is 1.59. The van der Waals surface area contributed by atoms with E-state index in [1.54, 1.807) is 42.6 Å². The molecule has 1 aliphatic heterocycles. The van der Waals surface area contributed by atoms with Crippen LogP contribution < -0.4 is 0 Å². The van der Waals surface area contributed by atoms with Crippen molar-refractivity contribution in [2.75, 3.05) is 6.54 Å². The molecule has 0 unspecified atom stereocenters. The molecule has 0 bridgehead atoms. The maximum atomic E-state index is 12.8. The number of nitrogens with zero attached hydrogens (tertiary/aromatic N) is 2. The van der Waals surface area contributed by atoms with Gasteiger partial charge in [0.15, 0.2) is 0 Å². The summed E-state index contributed by atoms with van der Waals surface area (Å²) in [5.74, 6) is 0.189. The van der Waals surface area contributed by atoms with Crippen LogP contribution in [0.5, 0.6) is 0 Å². The quantitative estimate of drug-likeness (QED) is 0.610. The molecule has 2 aliphatic rings. The van der Waals surface area contributed by atoms with Crippen LogP contribution in [0.3, 0.4) is 0 Å². The first-order valence-electron chi connectivity index (χ1n) is 8.36. The second-order valence-corrected chi connectivity index (χ2v) is 8.84. The number of hydrogen-bond donors (Lipinski definition) is 0. The Morgan fingerprint density at radius 1 is 1.12 bits per heavy atom. The molecular formula is C19H18N2O4S. The average molecular weight is 370 g/mol. The van der Waals surface area contributed by atoms with Crippen LogP contribution in [0.2, 0.25) is 0 Å². The molecule has 6 nitrogen and oxygen atoms in total. The molecule has 26 heavy (non-hydrogen) atoms. The lowest BCUT2D eigenvalue weighted by Crippen LogP contribution is -2.32. The highest BCUT2D eigenvalue weighted by Crippen LogP contribution is 2.58. The lowest BCUT2D eigenvalue weighted by atomic mass is 9.91. The molecular weight excluding hydrogens is 352 g/mol. The normalized spacial score (nSPS) is 24.2. The Labute approximate surface area is 152 Å². The fourth-order valence-electron chi connectivity index (χ4n) is 3.64. The van der Waals surface area contributed by atoms with Gasteiger partial charge in [-0.1, -0.05) is 35.9 Å². The lowest BCUT2D eigenvalue weighted by Gasteiger charge is -2.27. The largest absolute Gasteiger partial charge is 0.273 e. The van der Waals surface area contributed by atoms with Gasteiger partial charge in [-0.25, -0.2) is 8.42 Å². The van der Waals surface area contributed by atoms with E-state index in [-0.39, 0.29) is 21.9 Å². The monoisotopic (exact) mass is 370 g/mol. The van der Waals surface area contributed by atoms with Crippen molar-refractivity contribution in [1.29, 1.82) is 0 Å². The maximum absolute atomic E-state index is 12.8. The summed E-state index contributed by atoms with van der Waals surface area (Å²) in [5.41, 5.74) is 1.87. The van der Waals surface area contributed by atoms with Crippen LogP contribution in [-0.2, 0) is 15.4 Å². The van der Waals surface area contributed by atoms with Gasteiger partial charge < -0.3 is 0 Å². The Bertz CT molecular complexity index is 997. The van der Waals surface area contributed by atoms with Crippen molar-refractivity contribution >= 4 is 15.7 Å². The standard InChI is InChI=1S/C19H18N2O4S/c1-14-2-8-18(9-3-14)26(24,25)20-11-10-19(12-16(19)13-20)15-4-6-17(7-5-15)21(22)23/h2-11,16H,12-13H2,1H3/t16-,19-/m0/s1. The minimum Gasteiger partial charge on any atom is -0.273 e. The topological polar surface area (TPSA) is 80.5 Å². The van der Waals surface area contributed by atoms with E-state index in [1.165, 1.54) is 16.4 Å². The number of benzene rings is 2. The van der Waals surface area contributed by atoms with Gasteiger partial charge in [-0.15, -0.1) is 0 Å². The first-order chi connectivity index (χ1) is 12.3. The molecule has 0 saturated heterocycles. The molecule has 0 amide bonds. The third-order valence-corrected chi connectivity index (χ3v) is 7.09. The van der Waals surface area contributed by atoms with Crippen LogP contribution >= 0.6 is 0 Å². The maximum Gasteiger partial charge on any atom is 0.269 e. The van der Waals surface area contributed by atoms with E-state index in [0.717, 1.165) is 17.5 Å². The number of aryl methyl sites for hydroxylation is 1. The Hall–Kier alpha value is -2.67. The van der Waals surface area contributed by atoms with E-state index in [2.05, 4.69) is 0 Å². The zero-order chi connectivity index (χ0) is 18.5. The zero-order valence-corrected chi connectivity index (χ0v) is 15.0. The second kappa shape index (κ2) is 5.67. The van der Waals surface area contributed by atoms with Crippen LogP contribution in [0, 0.1) is 23.0 Å². The number of nitro groups is 1. The highest BCUT2D eigenvalue weighted by atomic mass is 32.2. The average Bonchev–Trinajstić information content (AvgIpc) is 3.37. The number of nitro benzene ring substituents is 1. The Kier molecular flexibility index (Phi) is 3.66. The molecule has 0 radical (unpaired) electrons. The second-order valence-electron chi connectivity index (χ2n) is 6.95. The highest BCUT2D eigenvalue weighted by molar-refractivity contribution is 7.89. The third-order valence-electron chi connectivity index (χ3n) is 5.33. The molecule has 1 aliphatic carbocycles. The van der Waals surface area contributed by atoms with Gasteiger partial charge in [0, 0.05) is 30.3 Å². The molecule has 1 saturated carbocycles. The van der Waals surface area contributed by atoms with Gasteiger partial charge in [0.25, 0.3) is 15.7 Å². The van der Waals surface area contributed by atoms with Crippen molar-refractivity contribution in [2.24, 2.45) is 5.92 Å². The highest BCUT2D eigenvalue weighted by Gasteiger charge is 2.56. The summed E-state index contributed by atoms with van der Waals surface area (Å²) in [7, 11) is -3.55. The summed E-state index contributed by atoms with van der Waals surface area (Å²) in [5, 5.41) is 10.8. The van der Waals surface area contributed by atoms with E-state index in [9.17, 15) is 18.5 Å². The molecule has 1 fully saturated rings. The molecule has 2 aromatic carbocycles. The number of fused-ring (bicyclic) bond motifs is 1. The van der Waals surface area contributed by atoms with Crippen LogP contribution in [-0.4, -0.2) is 24.2 Å². The molecule has 7 heteroatoms. The number of hydrogen-bond acceptors (Lipinski definition) is 4. The van der Waals surface area contributed by atoms with Crippen molar-refractivity contribution < 1.29 is 13.3 Å². The molecule has 134 valence electrons. The van der Waals surface area contributed by atoms with Gasteiger partial charge in [-0.05, 0) is 37.0 Å². The fraction of sp³-hybridized carbons (Fsp3) is 0.263. The lowest BCUT2D eigenvalue weighted by molar-refractivity contribution is -0.384. The smallest absolute Gasteiger partial charge is 0.269 e. The minimum atomic E-state index is -3.55. The number of allylic oxidation sites excluding steroid dienone is 1. The summed E-state index contributed by atoms with van der Waals surface area (Å²) >= 11 is 0. The van der Waals surface area contributed by atoms with Gasteiger partial charge in [0.1, 0.15) is 0 Å². The van der Waals surface area contributed by atoms with E-state index >= 15 is 0 Å². The molecule has 0 aromatic heterocycles. The molecule has 0 N–H and O–H groups in total. The van der Waals surface area contributed by atoms with Crippen molar-refractivity contribution in [3.8, 4) is 0 Å². The van der Waals surface area contributed by atoms with E-state index in [0.29, 0.717) is 6.54 Å². The molecule has 1 heterocycles. The van der Waals surface area contributed by atoms with E-state index in [1.807, 2.05) is 13.0 Å². The molecule has 4 rings (SSSR count). The van der Waals surface area contributed by atoms with Crippen LogP contribution in [0.4, 0.5) is 5.69 Å². The van der Waals surface area contributed by atoms with Crippen molar-refractivity contribution in [3.05, 3.63) is 82.0 Å². The van der Waals surface area contributed by atoms with Gasteiger partial charge in [0.05, 0.1) is 9.82 Å². The van der Waals surface area contributed by atoms with Gasteiger partial charge in [-0.2, -0.15) is 0 Å². The first kappa shape index (κ1) is 16.8.